The molecular weight excluding hydrogens is 252 g/mol. The molecule has 19 heavy (non-hydrogen) atoms. The van der Waals surface area contributed by atoms with E-state index in [0.29, 0.717) is 0 Å². The van der Waals surface area contributed by atoms with Gasteiger partial charge >= 0.3 is 9.28 Å². The Hall–Kier alpha value is 0.137. The van der Waals surface area contributed by atoms with Crippen molar-refractivity contribution < 1.29 is 8.85 Å². The maximum atomic E-state index is 5.83. The highest BCUT2D eigenvalue weighted by molar-refractivity contribution is 6.44. The predicted molar refractivity (Wildman–Crippen MR) is 85.7 cm³/mol. The van der Waals surface area contributed by atoms with Crippen molar-refractivity contribution >= 4 is 9.28 Å². The van der Waals surface area contributed by atoms with E-state index < -0.39 is 9.28 Å². The molecule has 2 nitrogen and oxygen atoms in total. The fraction of sp³-hybridized carbons (Fsp3) is 1.00. The zero-order valence-electron chi connectivity index (χ0n) is 13.5. The van der Waals surface area contributed by atoms with E-state index in [1.54, 1.807) is 0 Å². The SMILES string of the molecule is CCCCCCCCCC[Si](OCCC)OCCC. The lowest BCUT2D eigenvalue weighted by Crippen LogP contribution is -2.23. The van der Waals surface area contributed by atoms with Crippen molar-refractivity contribution in [2.24, 2.45) is 0 Å². The van der Waals surface area contributed by atoms with Crippen molar-refractivity contribution in [3.05, 3.63) is 0 Å². The van der Waals surface area contributed by atoms with Gasteiger partial charge in [0.25, 0.3) is 0 Å². The first-order chi connectivity index (χ1) is 9.35. The molecule has 0 heterocycles. The van der Waals surface area contributed by atoms with E-state index in [1.165, 1.54) is 57.4 Å². The zero-order chi connectivity index (χ0) is 14.2. The summed E-state index contributed by atoms with van der Waals surface area (Å²) in [6.45, 7) is 8.34. The molecule has 0 aliphatic carbocycles. The fourth-order valence-corrected chi connectivity index (χ4v) is 3.80. The molecule has 115 valence electrons. The highest BCUT2D eigenvalue weighted by atomic mass is 28.3. The van der Waals surface area contributed by atoms with Crippen LogP contribution in [0.15, 0.2) is 0 Å². The van der Waals surface area contributed by atoms with Gasteiger partial charge in [0.2, 0.25) is 0 Å². The number of unbranched alkanes of at least 4 members (excludes halogenated alkanes) is 7. The first-order valence-electron chi connectivity index (χ1n) is 8.46. The van der Waals surface area contributed by atoms with Crippen LogP contribution in [0.4, 0.5) is 0 Å². The Bertz CT molecular complexity index is 157. The quantitative estimate of drug-likeness (QED) is 0.294. The summed E-state index contributed by atoms with van der Waals surface area (Å²) < 4.78 is 11.7. The summed E-state index contributed by atoms with van der Waals surface area (Å²) in [6, 6.07) is 1.17. The summed E-state index contributed by atoms with van der Waals surface area (Å²) in [6.07, 6.45) is 13.2. The Labute approximate surface area is 123 Å². The van der Waals surface area contributed by atoms with E-state index in [2.05, 4.69) is 20.8 Å². The maximum absolute atomic E-state index is 5.83. The summed E-state index contributed by atoms with van der Waals surface area (Å²) in [5.41, 5.74) is 0. The Morgan fingerprint density at radius 1 is 0.579 bits per heavy atom. The summed E-state index contributed by atoms with van der Waals surface area (Å²) in [7, 11) is -0.971. The predicted octanol–water partition coefficient (Wildman–Crippen LogP) is 5.47. The summed E-state index contributed by atoms with van der Waals surface area (Å²) in [5, 5.41) is 0. The van der Waals surface area contributed by atoms with Crippen LogP contribution in [0.3, 0.4) is 0 Å². The molecular formula is C16H35O2Si. The van der Waals surface area contributed by atoms with Gasteiger partial charge in [-0.05, 0) is 18.9 Å². The molecule has 0 aliphatic rings. The summed E-state index contributed by atoms with van der Waals surface area (Å²) in [4.78, 5) is 0. The Kier molecular flexibility index (Phi) is 16.3. The summed E-state index contributed by atoms with van der Waals surface area (Å²) in [5.74, 6) is 0. The fourth-order valence-electron chi connectivity index (χ4n) is 2.02. The molecule has 0 amide bonds. The molecule has 0 bridgehead atoms. The highest BCUT2D eigenvalue weighted by Gasteiger charge is 2.14. The van der Waals surface area contributed by atoms with Crippen LogP contribution in [0.5, 0.6) is 0 Å². The second kappa shape index (κ2) is 16.2. The maximum Gasteiger partial charge on any atom is 0.384 e. The monoisotopic (exact) mass is 287 g/mol. The number of rotatable bonds is 15. The molecule has 3 heteroatoms. The third-order valence-electron chi connectivity index (χ3n) is 3.17. The lowest BCUT2D eigenvalue weighted by molar-refractivity contribution is 0.195. The van der Waals surface area contributed by atoms with Crippen molar-refractivity contribution in [2.45, 2.75) is 91.0 Å². The van der Waals surface area contributed by atoms with Crippen LogP contribution in [-0.2, 0) is 8.85 Å². The number of hydrogen-bond donors (Lipinski definition) is 0. The second-order valence-corrected chi connectivity index (χ2v) is 7.12. The van der Waals surface area contributed by atoms with Crippen LogP contribution in [0, 0.1) is 0 Å². The van der Waals surface area contributed by atoms with Gasteiger partial charge in [-0.3, -0.25) is 0 Å². The van der Waals surface area contributed by atoms with E-state index in [1.807, 2.05) is 0 Å². The van der Waals surface area contributed by atoms with Gasteiger partial charge in [0.15, 0.2) is 0 Å². The molecule has 0 unspecified atom stereocenters. The van der Waals surface area contributed by atoms with E-state index in [-0.39, 0.29) is 0 Å². The van der Waals surface area contributed by atoms with E-state index >= 15 is 0 Å². The van der Waals surface area contributed by atoms with Crippen LogP contribution in [0.25, 0.3) is 0 Å². The van der Waals surface area contributed by atoms with Gasteiger partial charge in [-0.25, -0.2) is 0 Å². The molecule has 0 rings (SSSR count). The first kappa shape index (κ1) is 19.1. The zero-order valence-corrected chi connectivity index (χ0v) is 14.5. The van der Waals surface area contributed by atoms with Gasteiger partial charge in [-0.2, -0.15) is 0 Å². The average Bonchev–Trinajstić information content (AvgIpc) is 2.43. The van der Waals surface area contributed by atoms with Gasteiger partial charge in [-0.1, -0.05) is 72.1 Å². The van der Waals surface area contributed by atoms with Crippen LogP contribution < -0.4 is 0 Å². The lowest BCUT2D eigenvalue weighted by Gasteiger charge is -2.14. The van der Waals surface area contributed by atoms with Crippen molar-refractivity contribution in [3.8, 4) is 0 Å². The minimum absolute atomic E-state index is 0.870. The molecule has 0 aliphatic heterocycles. The van der Waals surface area contributed by atoms with Gasteiger partial charge in [0.05, 0.1) is 0 Å². The number of hydrogen-bond acceptors (Lipinski definition) is 2. The Morgan fingerprint density at radius 2 is 1.05 bits per heavy atom. The molecule has 0 aromatic carbocycles. The van der Waals surface area contributed by atoms with Crippen LogP contribution in [0.2, 0.25) is 6.04 Å². The van der Waals surface area contributed by atoms with E-state index in [9.17, 15) is 0 Å². The van der Waals surface area contributed by atoms with Gasteiger partial charge in [-0.15, -0.1) is 0 Å². The van der Waals surface area contributed by atoms with Gasteiger partial charge in [0.1, 0.15) is 0 Å². The molecule has 0 saturated heterocycles. The molecule has 0 spiro atoms. The minimum Gasteiger partial charge on any atom is -0.393 e. The highest BCUT2D eigenvalue weighted by Crippen LogP contribution is 2.12. The molecule has 0 N–H and O–H groups in total. The van der Waals surface area contributed by atoms with Crippen LogP contribution in [-0.4, -0.2) is 22.5 Å². The molecule has 0 atom stereocenters. The topological polar surface area (TPSA) is 18.5 Å². The van der Waals surface area contributed by atoms with E-state index in [0.717, 1.165) is 26.1 Å². The Balaban J connectivity index is 3.40. The van der Waals surface area contributed by atoms with E-state index in [4.69, 9.17) is 8.85 Å². The average molecular weight is 288 g/mol. The Morgan fingerprint density at radius 3 is 1.53 bits per heavy atom. The third-order valence-corrected chi connectivity index (χ3v) is 4.98. The molecule has 0 aromatic heterocycles. The van der Waals surface area contributed by atoms with Crippen molar-refractivity contribution in [2.75, 3.05) is 13.2 Å². The normalized spacial score (nSPS) is 11.4. The minimum atomic E-state index is -0.971. The molecule has 0 aromatic rings. The summed E-state index contributed by atoms with van der Waals surface area (Å²) >= 11 is 0. The van der Waals surface area contributed by atoms with Crippen molar-refractivity contribution in [1.82, 2.24) is 0 Å². The van der Waals surface area contributed by atoms with Crippen molar-refractivity contribution in [3.63, 3.8) is 0 Å². The largest absolute Gasteiger partial charge is 0.393 e. The van der Waals surface area contributed by atoms with Crippen molar-refractivity contribution in [1.29, 1.82) is 0 Å². The van der Waals surface area contributed by atoms with Gasteiger partial charge < -0.3 is 8.85 Å². The smallest absolute Gasteiger partial charge is 0.384 e. The molecule has 0 fully saturated rings. The standard InChI is InChI=1S/C16H35O2Si/c1-4-7-8-9-10-11-12-13-16-19(17-14-5-2)18-15-6-3/h4-16H2,1-3H3. The van der Waals surface area contributed by atoms with Gasteiger partial charge in [0, 0.05) is 13.2 Å². The first-order valence-corrected chi connectivity index (χ1v) is 9.98. The lowest BCUT2D eigenvalue weighted by atomic mass is 10.1. The molecule has 1 radical (unpaired) electrons. The second-order valence-electron chi connectivity index (χ2n) is 5.29. The third kappa shape index (κ3) is 14.4. The molecule has 0 saturated carbocycles. The van der Waals surface area contributed by atoms with Crippen LogP contribution in [0.1, 0.15) is 85.0 Å². The van der Waals surface area contributed by atoms with Crippen LogP contribution >= 0.6 is 0 Å².